The molecule has 0 aliphatic carbocycles. The number of nitrogens with one attached hydrogen (secondary N) is 1. The predicted octanol–water partition coefficient (Wildman–Crippen LogP) is 0.628. The van der Waals surface area contributed by atoms with E-state index in [0.29, 0.717) is 13.0 Å². The molecule has 0 unspecified atom stereocenters. The summed E-state index contributed by atoms with van der Waals surface area (Å²) < 4.78 is 35.8. The maximum atomic E-state index is 11.9. The third-order valence-corrected chi connectivity index (χ3v) is 1.91. The third-order valence-electron chi connectivity index (χ3n) is 1.91. The van der Waals surface area contributed by atoms with Crippen LogP contribution in [0.1, 0.15) is 12.8 Å². The van der Waals surface area contributed by atoms with Crippen LogP contribution >= 0.6 is 0 Å². The van der Waals surface area contributed by atoms with Gasteiger partial charge in [-0.3, -0.25) is 0 Å². The molecule has 1 fully saturated rings. The van der Waals surface area contributed by atoms with E-state index in [0.717, 1.165) is 6.42 Å². The van der Waals surface area contributed by atoms with Crippen LogP contribution in [0.3, 0.4) is 0 Å². The highest BCUT2D eigenvalue weighted by molar-refractivity contribution is 4.88. The smallest absolute Gasteiger partial charge is 0.319 e. The first kappa shape index (κ1) is 8.80. The summed E-state index contributed by atoms with van der Waals surface area (Å²) in [7, 11) is 0. The molecule has 3 N–H and O–H groups in total. The van der Waals surface area contributed by atoms with Gasteiger partial charge >= 0.3 is 6.18 Å². The van der Waals surface area contributed by atoms with Gasteiger partial charge in [-0.05, 0) is 19.4 Å². The molecule has 0 aromatic heterocycles. The van der Waals surface area contributed by atoms with Crippen molar-refractivity contribution in [3.8, 4) is 0 Å². The van der Waals surface area contributed by atoms with Crippen molar-refractivity contribution in [3.05, 3.63) is 0 Å². The molecular weight excluding hydrogens is 157 g/mol. The maximum absolute atomic E-state index is 11.9. The van der Waals surface area contributed by atoms with Crippen molar-refractivity contribution in [2.75, 3.05) is 6.54 Å². The summed E-state index contributed by atoms with van der Waals surface area (Å²) in [5, 5.41) is 2.72. The van der Waals surface area contributed by atoms with Gasteiger partial charge in [0.1, 0.15) is 6.04 Å². The minimum absolute atomic E-state index is 0.528. The van der Waals surface area contributed by atoms with Crippen LogP contribution in [0.2, 0.25) is 0 Å². The summed E-state index contributed by atoms with van der Waals surface area (Å²) >= 11 is 0. The molecule has 1 aliphatic heterocycles. The van der Waals surface area contributed by atoms with Crippen LogP contribution in [0.25, 0.3) is 0 Å². The van der Waals surface area contributed by atoms with E-state index in [9.17, 15) is 13.2 Å². The summed E-state index contributed by atoms with van der Waals surface area (Å²) in [6, 6.07) is -2.28. The fourth-order valence-electron chi connectivity index (χ4n) is 1.25. The zero-order chi connectivity index (χ0) is 8.48. The van der Waals surface area contributed by atoms with Crippen LogP contribution in [-0.2, 0) is 0 Å². The van der Waals surface area contributed by atoms with Crippen molar-refractivity contribution < 1.29 is 13.2 Å². The summed E-state index contributed by atoms with van der Waals surface area (Å²) in [5.74, 6) is 0. The van der Waals surface area contributed by atoms with Gasteiger partial charge in [0.25, 0.3) is 0 Å². The minimum atomic E-state index is -4.26. The summed E-state index contributed by atoms with van der Waals surface area (Å²) in [4.78, 5) is 0. The molecule has 0 saturated carbocycles. The Morgan fingerprint density at radius 1 is 1.45 bits per heavy atom. The molecule has 0 bridgehead atoms. The van der Waals surface area contributed by atoms with Gasteiger partial charge in [0.05, 0.1) is 0 Å². The van der Waals surface area contributed by atoms with Gasteiger partial charge in [0.15, 0.2) is 0 Å². The Labute approximate surface area is 62.9 Å². The highest BCUT2D eigenvalue weighted by Gasteiger charge is 2.42. The molecule has 0 aromatic carbocycles. The molecule has 1 saturated heterocycles. The minimum Gasteiger partial charge on any atom is -0.319 e. The van der Waals surface area contributed by atoms with Crippen LogP contribution in [-0.4, -0.2) is 24.8 Å². The van der Waals surface area contributed by atoms with Gasteiger partial charge in [-0.15, -0.1) is 0 Å². The number of halogens is 3. The molecule has 1 rings (SSSR count). The molecule has 2 atom stereocenters. The Kier molecular flexibility index (Phi) is 2.39. The van der Waals surface area contributed by atoms with Crippen LogP contribution < -0.4 is 11.1 Å². The van der Waals surface area contributed by atoms with E-state index in [1.54, 1.807) is 0 Å². The lowest BCUT2D eigenvalue weighted by molar-refractivity contribution is -0.152. The number of alkyl halides is 3. The van der Waals surface area contributed by atoms with E-state index >= 15 is 0 Å². The molecule has 2 nitrogen and oxygen atoms in total. The lowest BCUT2D eigenvalue weighted by atomic mass is 10.1. The molecule has 1 aliphatic rings. The highest BCUT2D eigenvalue weighted by atomic mass is 19.4. The molecule has 0 amide bonds. The van der Waals surface area contributed by atoms with Gasteiger partial charge in [-0.2, -0.15) is 13.2 Å². The van der Waals surface area contributed by atoms with Crippen molar-refractivity contribution in [1.29, 1.82) is 0 Å². The molecule has 0 spiro atoms. The Morgan fingerprint density at radius 2 is 2.09 bits per heavy atom. The fourth-order valence-corrected chi connectivity index (χ4v) is 1.25. The summed E-state index contributed by atoms with van der Waals surface area (Å²) in [6.07, 6.45) is -2.95. The topological polar surface area (TPSA) is 38.0 Å². The van der Waals surface area contributed by atoms with Crippen LogP contribution in [0, 0.1) is 0 Å². The van der Waals surface area contributed by atoms with E-state index in [1.807, 2.05) is 0 Å². The second-order valence-electron chi connectivity index (χ2n) is 2.77. The molecular formula is C6H11F3N2. The van der Waals surface area contributed by atoms with Crippen molar-refractivity contribution in [2.45, 2.75) is 31.1 Å². The van der Waals surface area contributed by atoms with Crippen molar-refractivity contribution in [1.82, 2.24) is 5.32 Å². The highest BCUT2D eigenvalue weighted by Crippen LogP contribution is 2.24. The van der Waals surface area contributed by atoms with Gasteiger partial charge < -0.3 is 11.1 Å². The SMILES string of the molecule is N[C@H]([C@H]1CCCN1)C(F)(F)F. The normalized spacial score (nSPS) is 28.9. The summed E-state index contributed by atoms with van der Waals surface area (Å²) in [6.45, 7) is 0.647. The lowest BCUT2D eigenvalue weighted by Gasteiger charge is -2.21. The molecule has 0 aromatic rings. The van der Waals surface area contributed by atoms with Crippen LogP contribution in [0.5, 0.6) is 0 Å². The molecule has 0 radical (unpaired) electrons. The first-order valence-corrected chi connectivity index (χ1v) is 3.57. The second-order valence-corrected chi connectivity index (χ2v) is 2.77. The van der Waals surface area contributed by atoms with Crippen molar-refractivity contribution >= 4 is 0 Å². The first-order chi connectivity index (χ1) is 5.02. The van der Waals surface area contributed by atoms with E-state index in [4.69, 9.17) is 5.73 Å². The maximum Gasteiger partial charge on any atom is 0.405 e. The van der Waals surface area contributed by atoms with E-state index in [2.05, 4.69) is 5.32 Å². The monoisotopic (exact) mass is 168 g/mol. The van der Waals surface area contributed by atoms with Gasteiger partial charge in [-0.25, -0.2) is 0 Å². The number of hydrogen-bond donors (Lipinski definition) is 2. The molecule has 5 heteroatoms. The van der Waals surface area contributed by atoms with Crippen LogP contribution in [0.4, 0.5) is 13.2 Å². The second kappa shape index (κ2) is 2.98. The average molecular weight is 168 g/mol. The van der Waals surface area contributed by atoms with Crippen molar-refractivity contribution in [3.63, 3.8) is 0 Å². The Balaban J connectivity index is 2.46. The van der Waals surface area contributed by atoms with E-state index in [-0.39, 0.29) is 0 Å². The average Bonchev–Trinajstić information content (AvgIpc) is 2.34. The quantitative estimate of drug-likeness (QED) is 0.602. The molecule has 11 heavy (non-hydrogen) atoms. The predicted molar refractivity (Wildman–Crippen MR) is 35.1 cm³/mol. The van der Waals surface area contributed by atoms with E-state index < -0.39 is 18.3 Å². The van der Waals surface area contributed by atoms with Crippen LogP contribution in [0.15, 0.2) is 0 Å². The summed E-state index contributed by atoms with van der Waals surface area (Å²) in [5.41, 5.74) is 4.97. The number of rotatable bonds is 1. The third kappa shape index (κ3) is 2.07. The van der Waals surface area contributed by atoms with E-state index in [1.165, 1.54) is 0 Å². The van der Waals surface area contributed by atoms with Gasteiger partial charge in [-0.1, -0.05) is 0 Å². The van der Waals surface area contributed by atoms with Gasteiger partial charge in [0, 0.05) is 6.04 Å². The van der Waals surface area contributed by atoms with Crippen molar-refractivity contribution in [2.24, 2.45) is 5.73 Å². The first-order valence-electron chi connectivity index (χ1n) is 3.57. The standard InChI is InChI=1S/C6H11F3N2/c7-6(8,9)5(10)4-2-1-3-11-4/h4-5,11H,1-3,10H2/t4-,5-/m1/s1. The van der Waals surface area contributed by atoms with Gasteiger partial charge in [0.2, 0.25) is 0 Å². The largest absolute Gasteiger partial charge is 0.405 e. The Hall–Kier alpha value is -0.290. The number of hydrogen-bond acceptors (Lipinski definition) is 2. The Morgan fingerprint density at radius 3 is 2.45 bits per heavy atom. The Bertz CT molecular complexity index is 128. The lowest BCUT2D eigenvalue weighted by Crippen LogP contribution is -2.50. The fraction of sp³-hybridized carbons (Fsp3) is 1.00. The zero-order valence-electron chi connectivity index (χ0n) is 5.99. The molecule has 1 heterocycles. The number of nitrogens with two attached hydrogens (primary N) is 1. The molecule has 66 valence electrons. The zero-order valence-corrected chi connectivity index (χ0v) is 5.99.